The number of rotatable bonds is 5. The van der Waals surface area contributed by atoms with Crippen LogP contribution in [-0.2, 0) is 21.2 Å². The quantitative estimate of drug-likeness (QED) is 0.721. The molecule has 1 aromatic rings. The van der Waals surface area contributed by atoms with Gasteiger partial charge < -0.3 is 5.73 Å². The SMILES string of the molecule is CNS(=O)(=O)c1cc(CCC(N)=O)ccn1. The zero-order valence-electron chi connectivity index (χ0n) is 8.80. The second-order valence-corrected chi connectivity index (χ2v) is 5.01. The molecule has 0 aromatic carbocycles. The maximum atomic E-state index is 11.4. The van der Waals surface area contributed by atoms with Crippen molar-refractivity contribution in [3.05, 3.63) is 23.9 Å². The first-order valence-electron chi connectivity index (χ1n) is 4.62. The van der Waals surface area contributed by atoms with Crippen LogP contribution in [0.15, 0.2) is 23.4 Å². The van der Waals surface area contributed by atoms with Crippen LogP contribution >= 0.6 is 0 Å². The lowest BCUT2D eigenvalue weighted by atomic mass is 10.1. The van der Waals surface area contributed by atoms with Crippen LogP contribution in [0.25, 0.3) is 0 Å². The van der Waals surface area contributed by atoms with Crippen molar-refractivity contribution in [2.75, 3.05) is 7.05 Å². The highest BCUT2D eigenvalue weighted by Gasteiger charge is 2.13. The first-order valence-corrected chi connectivity index (χ1v) is 6.11. The van der Waals surface area contributed by atoms with Crippen LogP contribution in [0.4, 0.5) is 0 Å². The largest absolute Gasteiger partial charge is 0.370 e. The molecule has 0 unspecified atom stereocenters. The van der Waals surface area contributed by atoms with Gasteiger partial charge in [0.05, 0.1) is 0 Å². The van der Waals surface area contributed by atoms with Gasteiger partial charge in [0.1, 0.15) is 0 Å². The van der Waals surface area contributed by atoms with Gasteiger partial charge in [-0.05, 0) is 31.2 Å². The van der Waals surface area contributed by atoms with Crippen molar-refractivity contribution in [1.29, 1.82) is 0 Å². The smallest absolute Gasteiger partial charge is 0.257 e. The molecule has 3 N–H and O–H groups in total. The molecule has 1 amide bonds. The maximum Gasteiger partial charge on any atom is 0.257 e. The molecule has 0 aliphatic heterocycles. The summed E-state index contributed by atoms with van der Waals surface area (Å²) < 4.78 is 25.0. The van der Waals surface area contributed by atoms with E-state index in [2.05, 4.69) is 9.71 Å². The van der Waals surface area contributed by atoms with Crippen LogP contribution in [0.1, 0.15) is 12.0 Å². The molecule has 0 aliphatic rings. The van der Waals surface area contributed by atoms with Gasteiger partial charge in [-0.1, -0.05) is 0 Å². The van der Waals surface area contributed by atoms with Crippen molar-refractivity contribution in [1.82, 2.24) is 9.71 Å². The minimum Gasteiger partial charge on any atom is -0.370 e. The molecule has 0 fully saturated rings. The predicted octanol–water partition coefficient (Wildman–Crippen LogP) is -0.592. The molecule has 0 radical (unpaired) electrons. The van der Waals surface area contributed by atoms with E-state index in [4.69, 9.17) is 5.73 Å². The Morgan fingerprint density at radius 3 is 2.81 bits per heavy atom. The topological polar surface area (TPSA) is 102 Å². The minimum absolute atomic E-state index is 0.0584. The van der Waals surface area contributed by atoms with Crippen LogP contribution in [0.3, 0.4) is 0 Å². The maximum absolute atomic E-state index is 11.4. The molecule has 0 atom stereocenters. The van der Waals surface area contributed by atoms with Crippen molar-refractivity contribution in [2.45, 2.75) is 17.9 Å². The predicted molar refractivity (Wildman–Crippen MR) is 58.0 cm³/mol. The fraction of sp³-hybridized carbons (Fsp3) is 0.333. The summed E-state index contributed by atoms with van der Waals surface area (Å²) in [6, 6.07) is 3.08. The van der Waals surface area contributed by atoms with Crippen molar-refractivity contribution < 1.29 is 13.2 Å². The van der Waals surface area contributed by atoms with Crippen molar-refractivity contribution in [3.8, 4) is 0 Å². The number of nitrogens with one attached hydrogen (secondary N) is 1. The van der Waals surface area contributed by atoms with E-state index in [1.807, 2.05) is 0 Å². The Kier molecular flexibility index (Phi) is 3.97. The number of nitrogens with zero attached hydrogens (tertiary/aromatic N) is 1. The van der Waals surface area contributed by atoms with Gasteiger partial charge in [-0.25, -0.2) is 18.1 Å². The van der Waals surface area contributed by atoms with Crippen molar-refractivity contribution >= 4 is 15.9 Å². The number of carbonyl (C=O) groups excluding carboxylic acids is 1. The van der Waals surface area contributed by atoms with Gasteiger partial charge in [-0.15, -0.1) is 0 Å². The van der Waals surface area contributed by atoms with Gasteiger partial charge in [-0.2, -0.15) is 0 Å². The molecule has 1 heterocycles. The zero-order valence-corrected chi connectivity index (χ0v) is 9.62. The lowest BCUT2D eigenvalue weighted by molar-refractivity contribution is -0.117. The molecule has 1 aromatic heterocycles. The Morgan fingerprint density at radius 2 is 2.25 bits per heavy atom. The summed E-state index contributed by atoms with van der Waals surface area (Å²) >= 11 is 0. The van der Waals surface area contributed by atoms with Crippen LogP contribution in [0, 0.1) is 0 Å². The van der Waals surface area contributed by atoms with Gasteiger partial charge in [0, 0.05) is 12.6 Å². The number of carbonyl (C=O) groups is 1. The summed E-state index contributed by atoms with van der Waals surface area (Å²) in [5.41, 5.74) is 5.72. The minimum atomic E-state index is -3.54. The summed E-state index contributed by atoms with van der Waals surface area (Å²) in [7, 11) is -2.22. The Labute approximate surface area is 93.9 Å². The number of sulfonamides is 1. The van der Waals surface area contributed by atoms with E-state index in [-0.39, 0.29) is 11.4 Å². The standard InChI is InChI=1S/C9H13N3O3S/c1-11-16(14,15)9-6-7(4-5-12-9)2-3-8(10)13/h4-6,11H,2-3H2,1H3,(H2,10,13). The normalized spacial score (nSPS) is 11.3. The van der Waals surface area contributed by atoms with E-state index in [0.717, 1.165) is 0 Å². The third kappa shape index (κ3) is 3.28. The highest BCUT2D eigenvalue weighted by molar-refractivity contribution is 7.89. The molecule has 16 heavy (non-hydrogen) atoms. The van der Waals surface area contributed by atoms with E-state index in [0.29, 0.717) is 12.0 Å². The average molecular weight is 243 g/mol. The first kappa shape index (κ1) is 12.6. The number of pyridine rings is 1. The third-order valence-electron chi connectivity index (χ3n) is 2.00. The van der Waals surface area contributed by atoms with Crippen molar-refractivity contribution in [2.24, 2.45) is 5.73 Å². The van der Waals surface area contributed by atoms with Crippen LogP contribution in [0.2, 0.25) is 0 Å². The highest BCUT2D eigenvalue weighted by atomic mass is 32.2. The monoisotopic (exact) mass is 243 g/mol. The third-order valence-corrected chi connectivity index (χ3v) is 3.31. The molecule has 0 spiro atoms. The number of amides is 1. The van der Waals surface area contributed by atoms with E-state index >= 15 is 0 Å². The second kappa shape index (κ2) is 5.04. The van der Waals surface area contributed by atoms with Gasteiger partial charge in [0.15, 0.2) is 5.03 Å². The summed E-state index contributed by atoms with van der Waals surface area (Å²) in [6.07, 6.45) is 1.98. The number of primary amides is 1. The fourth-order valence-corrected chi connectivity index (χ4v) is 1.84. The highest BCUT2D eigenvalue weighted by Crippen LogP contribution is 2.09. The average Bonchev–Trinajstić information content (AvgIpc) is 2.27. The lowest BCUT2D eigenvalue weighted by Crippen LogP contribution is -2.20. The molecule has 1 rings (SSSR count). The number of hydrogen-bond donors (Lipinski definition) is 2. The van der Waals surface area contributed by atoms with E-state index < -0.39 is 15.9 Å². The first-order chi connectivity index (χ1) is 7.45. The van der Waals surface area contributed by atoms with E-state index in [1.54, 1.807) is 6.07 Å². The Hall–Kier alpha value is -1.47. The van der Waals surface area contributed by atoms with E-state index in [9.17, 15) is 13.2 Å². The number of nitrogens with two attached hydrogens (primary N) is 1. The summed E-state index contributed by atoms with van der Waals surface area (Å²) in [5, 5.41) is -0.0584. The summed E-state index contributed by atoms with van der Waals surface area (Å²) in [4.78, 5) is 14.3. The molecule has 88 valence electrons. The Morgan fingerprint density at radius 1 is 1.56 bits per heavy atom. The van der Waals surface area contributed by atoms with Crippen LogP contribution in [-0.4, -0.2) is 26.4 Å². The van der Waals surface area contributed by atoms with Gasteiger partial charge in [-0.3, -0.25) is 4.79 Å². The zero-order chi connectivity index (χ0) is 12.2. The van der Waals surface area contributed by atoms with Crippen LogP contribution in [0.5, 0.6) is 0 Å². The fourth-order valence-electron chi connectivity index (χ4n) is 1.13. The molecule has 0 saturated heterocycles. The van der Waals surface area contributed by atoms with E-state index in [1.165, 1.54) is 19.3 Å². The molecule has 6 nitrogen and oxygen atoms in total. The Balaban J connectivity index is 2.91. The molecular weight excluding hydrogens is 230 g/mol. The van der Waals surface area contributed by atoms with Gasteiger partial charge >= 0.3 is 0 Å². The van der Waals surface area contributed by atoms with Crippen LogP contribution < -0.4 is 10.5 Å². The molecule has 0 saturated carbocycles. The van der Waals surface area contributed by atoms with Crippen molar-refractivity contribution in [3.63, 3.8) is 0 Å². The summed E-state index contributed by atoms with van der Waals surface area (Å²) in [6.45, 7) is 0. The van der Waals surface area contributed by atoms with Gasteiger partial charge in [0.2, 0.25) is 5.91 Å². The number of hydrogen-bond acceptors (Lipinski definition) is 4. The van der Waals surface area contributed by atoms with Gasteiger partial charge in [0.25, 0.3) is 10.0 Å². The number of aryl methyl sites for hydroxylation is 1. The molecule has 0 aliphatic carbocycles. The lowest BCUT2D eigenvalue weighted by Gasteiger charge is -2.03. The molecule has 0 bridgehead atoms. The Bertz CT molecular complexity index is 485. The summed E-state index contributed by atoms with van der Waals surface area (Å²) in [5.74, 6) is -0.421. The molecule has 7 heteroatoms. The second-order valence-electron chi connectivity index (χ2n) is 3.18. The molecular formula is C9H13N3O3S. The number of aromatic nitrogens is 1.